The number of carbonyl (C=O) groups is 1. The molecule has 0 saturated carbocycles. The van der Waals surface area contributed by atoms with Crippen LogP contribution in [-0.4, -0.2) is 62.3 Å². The number of unbranched alkanes of at least 4 members (excludes halogenated alkanes) is 54. The van der Waals surface area contributed by atoms with Gasteiger partial charge in [-0.2, -0.15) is 0 Å². The summed E-state index contributed by atoms with van der Waals surface area (Å²) in [5.41, 5.74) is 6.45. The summed E-state index contributed by atoms with van der Waals surface area (Å²) in [6.07, 6.45) is 77.0. The molecular weight excluding hydrogens is 1450 g/mol. The normalized spacial score (nSPS) is 11.6. The summed E-state index contributed by atoms with van der Waals surface area (Å²) in [7, 11) is 0. The van der Waals surface area contributed by atoms with E-state index in [2.05, 4.69) is 106 Å². The molecule has 11 heteroatoms. The summed E-state index contributed by atoms with van der Waals surface area (Å²) in [6.45, 7) is 16.8. The number of hydrogen-bond acceptors (Lipinski definition) is 8. The van der Waals surface area contributed by atoms with Crippen molar-refractivity contribution in [1.29, 1.82) is 0 Å². The van der Waals surface area contributed by atoms with Crippen LogP contribution in [0.25, 0.3) is 28.3 Å². The SMILES string of the molecule is CCCCCCCCCCCCOc1cc(-c2ccc(C(=O)/C=C(\OB(c3ccccc3)c3ccccc3)c3ccc(-c4cc(OCCCCCCCCCCCC)c(OCCCCCCCCCCCC)c(OCCCCCCCCCCCC)c4)[nH]3)[nH]2)cc(OCCCCCCCCCCCC)c1OCCCCCCCCCCCC. The van der Waals surface area contributed by atoms with Gasteiger partial charge in [0, 0.05) is 28.6 Å². The van der Waals surface area contributed by atoms with Gasteiger partial charge in [-0.05, 0) is 98.0 Å². The number of aromatic nitrogens is 2. The largest absolute Gasteiger partial charge is 0.550 e. The highest BCUT2D eigenvalue weighted by atomic mass is 16.5. The molecule has 4 aromatic carbocycles. The third kappa shape index (κ3) is 44.9. The fourth-order valence-corrected chi connectivity index (χ4v) is 16.3. The van der Waals surface area contributed by atoms with Crippen LogP contribution in [0.2, 0.25) is 0 Å². The number of carbonyl (C=O) groups excluding carboxylic acids is 1. The molecule has 0 atom stereocenters. The molecule has 0 aliphatic rings. The summed E-state index contributed by atoms with van der Waals surface area (Å²) in [6, 6.07) is 37.2. The number of H-pyrrole nitrogens is 2. The molecule has 0 radical (unpaired) electrons. The summed E-state index contributed by atoms with van der Waals surface area (Å²) < 4.78 is 48.8. The minimum atomic E-state index is -0.542. The number of rotatable bonds is 81. The zero-order valence-corrected chi connectivity index (χ0v) is 76.5. The Kier molecular flexibility index (Phi) is 58.7. The number of nitrogens with one attached hydrogen (secondary N) is 2. The van der Waals surface area contributed by atoms with Gasteiger partial charge >= 0.3 is 6.92 Å². The highest BCUT2D eigenvalue weighted by molar-refractivity contribution is 6.80. The number of ketones is 1. The molecule has 10 nitrogen and oxygen atoms in total. The molecule has 2 N–H and O–H groups in total. The van der Waals surface area contributed by atoms with Crippen LogP contribution in [0.5, 0.6) is 34.5 Å². The van der Waals surface area contributed by atoms with E-state index in [4.69, 9.17) is 33.1 Å². The standard InChI is InChI=1S/C107H171BN2O8/c1-7-13-19-25-31-37-43-49-55-67-81-112-102-87-92(88-103(113-82-68-56-50-44-38-32-26-20-14-8-2)106(102)116-85-71-59-53-47-41-35-29-23-17-11-5)96-77-79-98(109-96)100(111)91-101(118-108(94-73-63-61-64-74-94)95-75-65-62-66-76-95)99-80-78-97(110-99)93-89-104(114-83-69-57-51-45-39-33-27-21-15-9-3)107(117-86-72-60-54-48-42-36-30-24-18-12-6)105(90-93)115-84-70-58-52-46-40-34-28-22-16-10-4/h61-66,73-80,87-91,109-110H,7-60,67-72,81-86H2,1-6H3/b101-91-. The van der Waals surface area contributed by atoms with Crippen molar-refractivity contribution in [3.63, 3.8) is 0 Å². The van der Waals surface area contributed by atoms with Gasteiger partial charge < -0.3 is 43.0 Å². The van der Waals surface area contributed by atoms with Gasteiger partial charge in [0.05, 0.1) is 51.0 Å². The molecule has 6 aromatic rings. The first-order valence-electron chi connectivity index (χ1n) is 50.0. The van der Waals surface area contributed by atoms with Crippen LogP contribution >= 0.6 is 0 Å². The molecule has 118 heavy (non-hydrogen) atoms. The van der Waals surface area contributed by atoms with Gasteiger partial charge in [-0.3, -0.25) is 4.79 Å². The fourth-order valence-electron chi connectivity index (χ4n) is 16.3. The number of ether oxygens (including phenoxy) is 6. The van der Waals surface area contributed by atoms with Gasteiger partial charge in [0.1, 0.15) is 5.76 Å². The molecule has 6 rings (SSSR count). The van der Waals surface area contributed by atoms with Crippen molar-refractivity contribution < 1.29 is 37.9 Å². The van der Waals surface area contributed by atoms with Crippen molar-refractivity contribution in [2.45, 2.75) is 427 Å². The Morgan fingerprint density at radius 1 is 0.263 bits per heavy atom. The minimum Gasteiger partial charge on any atom is -0.550 e. The number of benzene rings is 4. The van der Waals surface area contributed by atoms with Crippen LogP contribution in [0, 0.1) is 0 Å². The molecule has 0 bridgehead atoms. The van der Waals surface area contributed by atoms with E-state index in [1.165, 1.54) is 308 Å². The van der Waals surface area contributed by atoms with Gasteiger partial charge in [-0.1, -0.05) is 449 Å². The first kappa shape index (κ1) is 100. The lowest BCUT2D eigenvalue weighted by Gasteiger charge is -2.19. The molecule has 0 fully saturated rings. The van der Waals surface area contributed by atoms with E-state index in [0.29, 0.717) is 91.3 Å². The quantitative estimate of drug-likeness (QED) is 0.0128. The molecule has 0 spiro atoms. The van der Waals surface area contributed by atoms with E-state index >= 15 is 4.79 Å². The highest BCUT2D eigenvalue weighted by Gasteiger charge is 2.28. The van der Waals surface area contributed by atoms with Gasteiger partial charge in [-0.25, -0.2) is 0 Å². The number of hydrogen-bond donors (Lipinski definition) is 2. The maximum atomic E-state index is 15.5. The molecule has 0 saturated heterocycles. The Labute approximate surface area is 723 Å². The van der Waals surface area contributed by atoms with Gasteiger partial charge in [-0.15, -0.1) is 0 Å². The van der Waals surface area contributed by atoms with Crippen LogP contribution in [0.3, 0.4) is 0 Å². The van der Waals surface area contributed by atoms with Crippen LogP contribution < -0.4 is 39.3 Å². The Bertz CT molecular complexity index is 3240. The second-order valence-electron chi connectivity index (χ2n) is 34.5. The lowest BCUT2D eigenvalue weighted by atomic mass is 9.55. The molecule has 2 heterocycles. The van der Waals surface area contributed by atoms with Crippen LogP contribution in [-0.2, 0) is 4.65 Å². The van der Waals surface area contributed by atoms with Crippen molar-refractivity contribution in [2.24, 2.45) is 0 Å². The maximum Gasteiger partial charge on any atom is 0.426 e. The van der Waals surface area contributed by atoms with E-state index in [1.807, 2.05) is 54.6 Å². The first-order chi connectivity index (χ1) is 58.4. The van der Waals surface area contributed by atoms with E-state index in [9.17, 15) is 0 Å². The smallest absolute Gasteiger partial charge is 0.426 e. The topological polar surface area (TPSA) is 113 Å². The summed E-state index contributed by atoms with van der Waals surface area (Å²) in [5.74, 6) is 4.37. The highest BCUT2D eigenvalue weighted by Crippen LogP contribution is 2.45. The second-order valence-corrected chi connectivity index (χ2v) is 34.5. The van der Waals surface area contributed by atoms with E-state index in [0.717, 1.165) is 110 Å². The minimum absolute atomic E-state index is 0.224. The van der Waals surface area contributed by atoms with Crippen LogP contribution in [0.4, 0.5) is 0 Å². The van der Waals surface area contributed by atoms with E-state index in [-0.39, 0.29) is 5.78 Å². The first-order valence-corrected chi connectivity index (χ1v) is 50.0. The third-order valence-electron chi connectivity index (χ3n) is 23.8. The Hall–Kier alpha value is -6.49. The Morgan fingerprint density at radius 2 is 0.483 bits per heavy atom. The zero-order chi connectivity index (χ0) is 83.3. The van der Waals surface area contributed by atoms with Crippen molar-refractivity contribution in [1.82, 2.24) is 9.97 Å². The molecule has 660 valence electrons. The molecule has 0 unspecified atom stereocenters. The molecule has 0 aliphatic heterocycles. The van der Waals surface area contributed by atoms with Crippen molar-refractivity contribution in [2.75, 3.05) is 39.6 Å². The summed E-state index contributed by atoms with van der Waals surface area (Å²) >= 11 is 0. The maximum absolute atomic E-state index is 15.5. The van der Waals surface area contributed by atoms with Crippen molar-refractivity contribution in [3.8, 4) is 57.0 Å². The zero-order valence-electron chi connectivity index (χ0n) is 76.5. The fraction of sp³-hybridized carbons (Fsp3) is 0.673. The van der Waals surface area contributed by atoms with Gasteiger partial charge in [0.2, 0.25) is 17.3 Å². The molecule has 2 aromatic heterocycles. The molecule has 0 amide bonds. The van der Waals surface area contributed by atoms with Crippen molar-refractivity contribution in [3.05, 3.63) is 127 Å². The average Bonchev–Trinajstić information content (AvgIpc) is 1.58. The van der Waals surface area contributed by atoms with Gasteiger partial charge in [0.15, 0.2) is 23.0 Å². The van der Waals surface area contributed by atoms with E-state index in [1.54, 1.807) is 6.08 Å². The average molecular weight is 1620 g/mol. The number of aromatic amines is 2. The summed E-state index contributed by atoms with van der Waals surface area (Å²) in [4.78, 5) is 22.9. The lowest BCUT2D eigenvalue weighted by molar-refractivity contribution is 0.104. The van der Waals surface area contributed by atoms with Gasteiger partial charge in [0.25, 0.3) is 0 Å². The second kappa shape index (κ2) is 69.1. The summed E-state index contributed by atoms with van der Waals surface area (Å²) in [5, 5.41) is 0. The van der Waals surface area contributed by atoms with Crippen molar-refractivity contribution >= 4 is 29.4 Å². The Morgan fingerprint density at radius 3 is 0.737 bits per heavy atom. The predicted octanol–water partition coefficient (Wildman–Crippen LogP) is 32.5. The number of allylic oxidation sites excluding steroid dienone is 1. The lowest BCUT2D eigenvalue weighted by Crippen LogP contribution is -2.44. The molecule has 0 aliphatic carbocycles. The monoisotopic (exact) mass is 1620 g/mol. The van der Waals surface area contributed by atoms with E-state index < -0.39 is 6.92 Å². The van der Waals surface area contributed by atoms with Crippen LogP contribution in [0.1, 0.15) is 443 Å². The molecular formula is C107H171BN2O8. The van der Waals surface area contributed by atoms with Crippen LogP contribution in [0.15, 0.2) is 115 Å². The predicted molar refractivity (Wildman–Crippen MR) is 508 cm³/mol. The Balaban J connectivity index is 1.35. The third-order valence-corrected chi connectivity index (χ3v) is 23.8.